The first kappa shape index (κ1) is 16.1. The maximum atomic E-state index is 6.00. The second kappa shape index (κ2) is 8.26. The van der Waals surface area contributed by atoms with Gasteiger partial charge < -0.3 is 0 Å². The molecule has 0 saturated heterocycles. The lowest BCUT2D eigenvalue weighted by Gasteiger charge is -2.20. The first-order valence-electron chi connectivity index (χ1n) is 6.39. The van der Waals surface area contributed by atoms with Crippen LogP contribution in [0, 0.1) is 0 Å². The van der Waals surface area contributed by atoms with Crippen LogP contribution in [0.1, 0.15) is 69.6 Å². The van der Waals surface area contributed by atoms with Gasteiger partial charge in [-0.2, -0.15) is 0 Å². The smallest absolute Gasteiger partial charge is 0.0213 e. The molecule has 0 unspecified atom stereocenters. The monoisotopic (exact) mass is 238 g/mol. The van der Waals surface area contributed by atoms with Crippen molar-refractivity contribution in [2.45, 2.75) is 59.3 Å². The van der Waals surface area contributed by atoms with Crippen molar-refractivity contribution in [1.29, 1.82) is 0 Å². The maximum Gasteiger partial charge on any atom is -0.0213 e. The molecule has 0 radical (unpaired) electrons. The minimum Gasteiger partial charge on any atom is -0.255 e. The first-order chi connectivity index (χ1) is 8.07. The lowest BCUT2D eigenvalue weighted by Crippen LogP contribution is -2.03. The van der Waals surface area contributed by atoms with Crippen LogP contribution in [0.4, 0.5) is 0 Å². The van der Waals surface area contributed by atoms with Gasteiger partial charge in [-0.3, -0.25) is 10.5 Å². The Hall–Kier alpha value is -0.860. The molecule has 1 aromatic carbocycles. The fraction of sp³-hybridized carbons (Fsp3) is 0.600. The average molecular weight is 238 g/mol. The molecule has 17 heavy (non-hydrogen) atoms. The standard InChI is InChI=1S/C15H24.H2O2/c1-6-8-13-9-7-10-14(11(2)3)15(13)12(4)5;1-2/h7,9-12H,6,8H2,1-5H3;1-2H. The summed E-state index contributed by atoms with van der Waals surface area (Å²) in [5.74, 6) is 1.28. The van der Waals surface area contributed by atoms with Gasteiger partial charge in [0.05, 0.1) is 0 Å². The number of rotatable bonds is 4. The van der Waals surface area contributed by atoms with E-state index in [2.05, 4.69) is 52.8 Å². The first-order valence-corrected chi connectivity index (χ1v) is 6.39. The van der Waals surface area contributed by atoms with E-state index in [0.29, 0.717) is 11.8 Å². The van der Waals surface area contributed by atoms with Crippen molar-refractivity contribution in [1.82, 2.24) is 0 Å². The summed E-state index contributed by atoms with van der Waals surface area (Å²) in [6.45, 7) is 11.4. The predicted molar refractivity (Wildman–Crippen MR) is 73.9 cm³/mol. The molecule has 0 atom stereocenters. The molecule has 0 bridgehead atoms. The largest absolute Gasteiger partial charge is 0.255 e. The molecule has 2 heteroatoms. The summed E-state index contributed by atoms with van der Waals surface area (Å²) in [7, 11) is 0. The van der Waals surface area contributed by atoms with E-state index in [1.54, 1.807) is 11.1 Å². The van der Waals surface area contributed by atoms with E-state index < -0.39 is 0 Å². The highest BCUT2D eigenvalue weighted by Gasteiger charge is 2.13. The van der Waals surface area contributed by atoms with Crippen LogP contribution in [-0.4, -0.2) is 10.5 Å². The zero-order valence-electron chi connectivity index (χ0n) is 11.7. The summed E-state index contributed by atoms with van der Waals surface area (Å²) in [4.78, 5) is 0. The number of benzene rings is 1. The molecule has 0 amide bonds. The number of hydrogen-bond acceptors (Lipinski definition) is 2. The second-order valence-electron chi connectivity index (χ2n) is 4.98. The van der Waals surface area contributed by atoms with Crippen molar-refractivity contribution in [2.75, 3.05) is 0 Å². The summed E-state index contributed by atoms with van der Waals surface area (Å²) < 4.78 is 0. The van der Waals surface area contributed by atoms with E-state index in [1.807, 2.05) is 0 Å². The van der Waals surface area contributed by atoms with Gasteiger partial charge >= 0.3 is 0 Å². The lowest BCUT2D eigenvalue weighted by molar-refractivity contribution is -0.176. The van der Waals surface area contributed by atoms with Crippen molar-refractivity contribution in [3.63, 3.8) is 0 Å². The highest BCUT2D eigenvalue weighted by atomic mass is 17.0. The van der Waals surface area contributed by atoms with Crippen LogP contribution in [0.2, 0.25) is 0 Å². The normalized spacial score (nSPS) is 10.4. The molecule has 2 N–H and O–H groups in total. The quantitative estimate of drug-likeness (QED) is 0.578. The molecule has 98 valence electrons. The van der Waals surface area contributed by atoms with Gasteiger partial charge in [-0.15, -0.1) is 0 Å². The SMILES string of the molecule is CCCc1cccc(C(C)C)c1C(C)C.OO. The van der Waals surface area contributed by atoms with Gasteiger partial charge in [-0.25, -0.2) is 0 Å². The van der Waals surface area contributed by atoms with E-state index in [1.165, 1.54) is 18.4 Å². The Morgan fingerprint density at radius 1 is 1.00 bits per heavy atom. The summed E-state index contributed by atoms with van der Waals surface area (Å²) in [6, 6.07) is 6.80. The molecule has 0 aliphatic heterocycles. The Morgan fingerprint density at radius 2 is 1.59 bits per heavy atom. The van der Waals surface area contributed by atoms with Crippen molar-refractivity contribution in [2.24, 2.45) is 0 Å². The topological polar surface area (TPSA) is 40.5 Å². The third kappa shape index (κ3) is 4.49. The highest BCUT2D eigenvalue weighted by Crippen LogP contribution is 2.29. The molecule has 2 nitrogen and oxygen atoms in total. The summed E-state index contributed by atoms with van der Waals surface area (Å²) >= 11 is 0. The van der Waals surface area contributed by atoms with E-state index in [4.69, 9.17) is 10.5 Å². The summed E-state index contributed by atoms with van der Waals surface area (Å²) in [6.07, 6.45) is 2.45. The fourth-order valence-electron chi connectivity index (χ4n) is 2.33. The summed E-state index contributed by atoms with van der Waals surface area (Å²) in [5.41, 5.74) is 4.68. The lowest BCUT2D eigenvalue weighted by atomic mass is 9.86. The maximum absolute atomic E-state index is 6.00. The Balaban J connectivity index is 0.00000121. The van der Waals surface area contributed by atoms with Crippen LogP contribution in [0.5, 0.6) is 0 Å². The fourth-order valence-corrected chi connectivity index (χ4v) is 2.33. The number of aryl methyl sites for hydroxylation is 1. The third-order valence-electron chi connectivity index (χ3n) is 2.95. The molecule has 0 aliphatic rings. The molecule has 0 aromatic heterocycles. The van der Waals surface area contributed by atoms with Crippen molar-refractivity contribution < 1.29 is 10.5 Å². The third-order valence-corrected chi connectivity index (χ3v) is 2.95. The summed E-state index contributed by atoms with van der Waals surface area (Å²) in [5, 5.41) is 12.0. The van der Waals surface area contributed by atoms with Crippen molar-refractivity contribution in [3.05, 3.63) is 34.9 Å². The van der Waals surface area contributed by atoms with Crippen molar-refractivity contribution in [3.8, 4) is 0 Å². The zero-order chi connectivity index (χ0) is 13.4. The van der Waals surface area contributed by atoms with Gasteiger partial charge in [0.25, 0.3) is 0 Å². The Kier molecular flexibility index (Phi) is 7.85. The zero-order valence-corrected chi connectivity index (χ0v) is 11.7. The van der Waals surface area contributed by atoms with Crippen LogP contribution >= 0.6 is 0 Å². The van der Waals surface area contributed by atoms with Crippen LogP contribution in [0.15, 0.2) is 18.2 Å². The van der Waals surface area contributed by atoms with Gasteiger partial charge in [0.1, 0.15) is 0 Å². The molecular weight excluding hydrogens is 212 g/mol. The van der Waals surface area contributed by atoms with Gasteiger partial charge in [0.2, 0.25) is 0 Å². The molecule has 0 aliphatic carbocycles. The second-order valence-corrected chi connectivity index (χ2v) is 4.98. The van der Waals surface area contributed by atoms with E-state index in [9.17, 15) is 0 Å². The van der Waals surface area contributed by atoms with E-state index in [-0.39, 0.29) is 0 Å². The average Bonchev–Trinajstić information content (AvgIpc) is 2.31. The van der Waals surface area contributed by atoms with Crippen LogP contribution in [0.25, 0.3) is 0 Å². The number of hydrogen-bond donors (Lipinski definition) is 2. The molecule has 0 heterocycles. The molecule has 0 saturated carbocycles. The van der Waals surface area contributed by atoms with E-state index >= 15 is 0 Å². The van der Waals surface area contributed by atoms with Gasteiger partial charge in [0, 0.05) is 0 Å². The minimum atomic E-state index is 0.638. The Morgan fingerprint density at radius 3 is 2.00 bits per heavy atom. The Bertz CT molecular complexity index is 317. The van der Waals surface area contributed by atoms with Crippen LogP contribution in [0.3, 0.4) is 0 Å². The van der Waals surface area contributed by atoms with Gasteiger partial charge in [-0.1, -0.05) is 59.2 Å². The molecule has 1 rings (SSSR count). The van der Waals surface area contributed by atoms with Gasteiger partial charge in [0.15, 0.2) is 0 Å². The van der Waals surface area contributed by atoms with Crippen LogP contribution < -0.4 is 0 Å². The molecular formula is C15H26O2. The molecule has 0 fully saturated rings. The highest BCUT2D eigenvalue weighted by molar-refractivity contribution is 5.39. The van der Waals surface area contributed by atoms with Crippen molar-refractivity contribution >= 4 is 0 Å². The minimum absolute atomic E-state index is 0.638. The molecule has 0 spiro atoms. The molecule has 1 aromatic rings. The Labute approximate surface area is 105 Å². The van der Waals surface area contributed by atoms with Crippen LogP contribution in [-0.2, 0) is 6.42 Å². The van der Waals surface area contributed by atoms with E-state index in [0.717, 1.165) is 0 Å². The van der Waals surface area contributed by atoms with Gasteiger partial charge in [-0.05, 0) is 34.9 Å². The predicted octanol–water partition coefficient (Wildman–Crippen LogP) is 4.90.